The quantitative estimate of drug-likeness (QED) is 0.398. The molecular formula is C7H14Cl2Sn. The maximum absolute atomic E-state index is 5.58. The van der Waals surface area contributed by atoms with Crippen molar-refractivity contribution in [2.24, 2.45) is 0 Å². The molecule has 60 valence electrons. The fraction of sp³-hybridized carbons (Fsp3) is 1.00. The van der Waals surface area contributed by atoms with Gasteiger partial charge in [0, 0.05) is 0 Å². The van der Waals surface area contributed by atoms with Crippen LogP contribution in [-0.2, 0) is 0 Å². The first kappa shape index (κ1) is 11.4. The van der Waals surface area contributed by atoms with Gasteiger partial charge in [0.25, 0.3) is 0 Å². The van der Waals surface area contributed by atoms with Crippen molar-refractivity contribution in [3.8, 4) is 0 Å². The summed E-state index contributed by atoms with van der Waals surface area (Å²) in [6, 6.07) is 0. The molecule has 0 aromatic carbocycles. The molecule has 0 spiro atoms. The topological polar surface area (TPSA) is 0 Å². The number of alkyl halides is 2. The van der Waals surface area contributed by atoms with Crippen molar-refractivity contribution in [3.63, 3.8) is 0 Å². The van der Waals surface area contributed by atoms with Crippen LogP contribution in [0.2, 0.25) is 8.87 Å². The number of unbranched alkanes of at least 4 members (excludes halogenated alkanes) is 1. The summed E-state index contributed by atoms with van der Waals surface area (Å²) < 4.78 is 2.85. The average molecular weight is 288 g/mol. The summed E-state index contributed by atoms with van der Waals surface area (Å²) in [7, 11) is 0. The fourth-order valence-corrected chi connectivity index (χ4v) is 5.74. The molecule has 2 radical (unpaired) electrons. The van der Waals surface area contributed by atoms with Gasteiger partial charge in [-0.05, 0) is 0 Å². The summed E-state index contributed by atoms with van der Waals surface area (Å²) in [5, 5.41) is 0. The molecule has 0 fully saturated rings. The van der Waals surface area contributed by atoms with Gasteiger partial charge < -0.3 is 0 Å². The predicted octanol–water partition coefficient (Wildman–Crippen LogP) is 3.52. The molecule has 3 heteroatoms. The molecule has 0 aliphatic carbocycles. The Morgan fingerprint density at radius 1 is 1.30 bits per heavy atom. The predicted molar refractivity (Wildman–Crippen MR) is 50.4 cm³/mol. The molecule has 0 bridgehead atoms. The van der Waals surface area contributed by atoms with Gasteiger partial charge in [0.1, 0.15) is 0 Å². The third-order valence-corrected chi connectivity index (χ3v) is 5.53. The van der Waals surface area contributed by atoms with Crippen LogP contribution in [0, 0.1) is 0 Å². The molecule has 0 rings (SSSR count). The Hall–Kier alpha value is 1.38. The molecule has 0 atom stereocenters. The molecule has 0 amide bonds. The Balaban J connectivity index is 2.77. The number of rotatable bonds is 6. The standard InChI is InChI=1S/C4H9.C3H5Cl2.Sn/c1-3-4-2;1-2-3(4)5;/h1,3-4H2,2H3;3H,1-2H2;. The van der Waals surface area contributed by atoms with E-state index < -0.39 is 0 Å². The summed E-state index contributed by atoms with van der Waals surface area (Å²) in [5.74, 6) is 0. The van der Waals surface area contributed by atoms with Crippen LogP contribution >= 0.6 is 23.2 Å². The van der Waals surface area contributed by atoms with E-state index >= 15 is 0 Å². The van der Waals surface area contributed by atoms with E-state index in [1.165, 1.54) is 21.7 Å². The summed E-state index contributed by atoms with van der Waals surface area (Å²) in [6.07, 6.45) is 3.78. The first-order chi connectivity index (χ1) is 4.77. The molecule has 0 saturated heterocycles. The van der Waals surface area contributed by atoms with Gasteiger partial charge in [-0.3, -0.25) is 0 Å². The number of hydrogen-bond acceptors (Lipinski definition) is 0. The summed E-state index contributed by atoms with van der Waals surface area (Å²) >= 11 is 11.1. The van der Waals surface area contributed by atoms with Gasteiger partial charge in [-0.1, -0.05) is 0 Å². The van der Waals surface area contributed by atoms with Crippen molar-refractivity contribution in [2.75, 3.05) is 0 Å². The van der Waals surface area contributed by atoms with Gasteiger partial charge in [-0.25, -0.2) is 0 Å². The maximum atomic E-state index is 5.58. The third kappa shape index (κ3) is 9.38. The normalized spacial score (nSPS) is 10.8. The molecule has 0 N–H and O–H groups in total. The van der Waals surface area contributed by atoms with Gasteiger partial charge in [0.15, 0.2) is 0 Å². The van der Waals surface area contributed by atoms with Crippen LogP contribution in [-0.4, -0.2) is 26.0 Å². The molecule has 0 unspecified atom stereocenters. The Morgan fingerprint density at radius 3 is 2.50 bits per heavy atom. The van der Waals surface area contributed by atoms with E-state index in [2.05, 4.69) is 6.92 Å². The van der Waals surface area contributed by atoms with Crippen molar-refractivity contribution in [1.29, 1.82) is 0 Å². The van der Waals surface area contributed by atoms with Crippen molar-refractivity contribution >= 4 is 44.3 Å². The molecule has 0 aromatic heterocycles. The van der Waals surface area contributed by atoms with Crippen molar-refractivity contribution in [3.05, 3.63) is 0 Å². The van der Waals surface area contributed by atoms with Crippen LogP contribution in [0.3, 0.4) is 0 Å². The fourth-order valence-electron chi connectivity index (χ4n) is 0.638. The monoisotopic (exact) mass is 288 g/mol. The van der Waals surface area contributed by atoms with Gasteiger partial charge in [0.05, 0.1) is 0 Å². The molecule has 0 saturated carbocycles. The van der Waals surface area contributed by atoms with E-state index in [1.807, 2.05) is 0 Å². The van der Waals surface area contributed by atoms with E-state index in [-0.39, 0.29) is 26.0 Å². The van der Waals surface area contributed by atoms with E-state index in [1.54, 1.807) is 0 Å². The zero-order valence-electron chi connectivity index (χ0n) is 6.37. The van der Waals surface area contributed by atoms with Crippen LogP contribution in [0.4, 0.5) is 0 Å². The van der Waals surface area contributed by atoms with Crippen LogP contribution in [0.25, 0.3) is 0 Å². The second kappa shape index (κ2) is 8.48. The number of hydrogen-bond donors (Lipinski definition) is 0. The SMILES string of the molecule is CCC[CH2][Sn][CH2]CC(Cl)Cl. The van der Waals surface area contributed by atoms with Gasteiger partial charge in [-0.15, -0.1) is 0 Å². The van der Waals surface area contributed by atoms with Crippen LogP contribution in [0.1, 0.15) is 26.2 Å². The Labute approximate surface area is 83.9 Å². The van der Waals surface area contributed by atoms with Crippen LogP contribution < -0.4 is 0 Å². The molecular weight excluding hydrogens is 274 g/mol. The molecule has 0 heterocycles. The summed E-state index contributed by atoms with van der Waals surface area (Å²) in [5.41, 5.74) is 0. The zero-order valence-corrected chi connectivity index (χ0v) is 10.7. The minimum absolute atomic E-state index is 0.0562. The summed E-state index contributed by atoms with van der Waals surface area (Å²) in [6.45, 7) is 2.24. The van der Waals surface area contributed by atoms with Gasteiger partial charge in [-0.2, -0.15) is 0 Å². The van der Waals surface area contributed by atoms with Crippen LogP contribution in [0.15, 0.2) is 0 Å². The van der Waals surface area contributed by atoms with Gasteiger partial charge in [0.2, 0.25) is 0 Å². The average Bonchev–Trinajstić information content (AvgIpc) is 1.87. The van der Waals surface area contributed by atoms with Crippen molar-refractivity contribution in [2.45, 2.75) is 39.9 Å². The van der Waals surface area contributed by atoms with E-state index in [9.17, 15) is 0 Å². The molecule has 0 aromatic rings. The van der Waals surface area contributed by atoms with Crippen LogP contribution in [0.5, 0.6) is 0 Å². The van der Waals surface area contributed by atoms with Gasteiger partial charge >= 0.3 is 84.2 Å². The summed E-state index contributed by atoms with van der Waals surface area (Å²) in [4.78, 5) is -0.109. The molecule has 0 aliphatic rings. The first-order valence-electron chi connectivity index (χ1n) is 3.76. The second-order valence-electron chi connectivity index (χ2n) is 2.28. The van der Waals surface area contributed by atoms with Crippen molar-refractivity contribution in [1.82, 2.24) is 0 Å². The molecule has 10 heavy (non-hydrogen) atoms. The first-order valence-corrected chi connectivity index (χ1v) is 8.67. The zero-order chi connectivity index (χ0) is 7.82. The Kier molecular flexibility index (Phi) is 9.64. The molecule has 0 nitrogen and oxygen atoms in total. The molecule has 0 aliphatic heterocycles. The third-order valence-electron chi connectivity index (χ3n) is 1.25. The second-order valence-corrected chi connectivity index (χ2v) is 7.84. The van der Waals surface area contributed by atoms with E-state index in [4.69, 9.17) is 23.2 Å². The minimum atomic E-state index is -0.109. The Bertz CT molecular complexity index is 66.6. The Morgan fingerprint density at radius 2 is 2.00 bits per heavy atom. The van der Waals surface area contributed by atoms with E-state index in [0.717, 1.165) is 6.42 Å². The van der Waals surface area contributed by atoms with Crippen molar-refractivity contribution < 1.29 is 0 Å². The van der Waals surface area contributed by atoms with E-state index in [0.29, 0.717) is 0 Å². The number of halogens is 2.